The van der Waals surface area contributed by atoms with Gasteiger partial charge in [0, 0.05) is 17.5 Å². The van der Waals surface area contributed by atoms with Crippen molar-refractivity contribution < 1.29 is 34.0 Å². The highest BCUT2D eigenvalue weighted by molar-refractivity contribution is 5.97. The third kappa shape index (κ3) is 6.03. The Morgan fingerprint density at radius 2 is 1.70 bits per heavy atom. The lowest BCUT2D eigenvalue weighted by Crippen LogP contribution is -2.44. The number of hydrogen-bond donors (Lipinski definition) is 2. The van der Waals surface area contributed by atoms with Crippen LogP contribution in [0, 0.1) is 20.8 Å². The predicted molar refractivity (Wildman–Crippen MR) is 143 cm³/mol. The number of hydrogen-bond acceptors (Lipinski definition) is 6. The molecule has 0 fully saturated rings. The summed E-state index contributed by atoms with van der Waals surface area (Å²) in [6, 6.07) is 3.40. The van der Waals surface area contributed by atoms with E-state index in [2.05, 4.69) is 0 Å². The third-order valence-electron chi connectivity index (χ3n) is 7.35. The Bertz CT molecular complexity index is 1170. The normalized spacial score (nSPS) is 16.6. The van der Waals surface area contributed by atoms with Crippen molar-refractivity contribution in [2.24, 2.45) is 0 Å². The number of ether oxygens (including phenoxy) is 3. The Morgan fingerprint density at radius 3 is 2.32 bits per heavy atom. The van der Waals surface area contributed by atoms with Crippen molar-refractivity contribution in [3.05, 3.63) is 45.5 Å². The maximum Gasteiger partial charge on any atom is 0.347 e. The molecule has 2 N–H and O–H groups in total. The van der Waals surface area contributed by atoms with Crippen molar-refractivity contribution in [2.45, 2.75) is 92.1 Å². The number of aliphatic carboxylic acids is 1. The summed E-state index contributed by atoms with van der Waals surface area (Å²) in [4.78, 5) is 23.4. The van der Waals surface area contributed by atoms with Gasteiger partial charge in [0.25, 0.3) is 0 Å². The Hall–Kier alpha value is -3.22. The van der Waals surface area contributed by atoms with Crippen molar-refractivity contribution in [1.82, 2.24) is 0 Å². The highest BCUT2D eigenvalue weighted by Gasteiger charge is 2.40. The molecule has 1 aliphatic rings. The first kappa shape index (κ1) is 28.4. The van der Waals surface area contributed by atoms with Gasteiger partial charge < -0.3 is 24.4 Å². The van der Waals surface area contributed by atoms with E-state index in [0.717, 1.165) is 53.7 Å². The van der Waals surface area contributed by atoms with Gasteiger partial charge in [0.15, 0.2) is 5.78 Å². The van der Waals surface area contributed by atoms with Gasteiger partial charge in [0.2, 0.25) is 5.60 Å². The minimum Gasteiger partial charge on any atom is -0.507 e. The Labute approximate surface area is 219 Å². The number of phenols is 1. The number of carboxylic acids is 1. The molecule has 37 heavy (non-hydrogen) atoms. The zero-order chi connectivity index (χ0) is 27.3. The Balaban J connectivity index is 1.54. The van der Waals surface area contributed by atoms with E-state index >= 15 is 0 Å². The molecule has 0 amide bonds. The predicted octanol–water partition coefficient (Wildman–Crippen LogP) is 6.27. The summed E-state index contributed by atoms with van der Waals surface area (Å²) >= 11 is 0. The summed E-state index contributed by atoms with van der Waals surface area (Å²) in [6.45, 7) is 12.2. The molecule has 1 aliphatic heterocycles. The fraction of sp³-hybridized carbons (Fsp3) is 0.533. The number of fused-ring (bicyclic) bond motifs is 1. The highest BCUT2D eigenvalue weighted by Crippen LogP contribution is 2.44. The molecule has 0 radical (unpaired) electrons. The summed E-state index contributed by atoms with van der Waals surface area (Å²) < 4.78 is 18.1. The minimum atomic E-state index is -1.20. The van der Waals surface area contributed by atoms with Gasteiger partial charge in [-0.1, -0.05) is 13.3 Å². The number of aromatic hydroxyl groups is 1. The molecule has 0 saturated carbocycles. The van der Waals surface area contributed by atoms with Gasteiger partial charge in [0.05, 0.1) is 18.8 Å². The molecular formula is C30H40O7. The van der Waals surface area contributed by atoms with Gasteiger partial charge in [-0.25, -0.2) is 4.79 Å². The minimum absolute atomic E-state index is 0.0318. The maximum atomic E-state index is 11.7. The molecule has 7 heteroatoms. The number of carbonyl (C=O) groups excluding carboxylic acids is 1. The standard InChI is InChI=1S/C30H40O7/c1-7-11-24-25(13-12-23(21(5)31)26(24)32)35-16-9-8-10-17-36-27-18(2)19(3)28-22(20(27)4)14-15-30(6,37-28)29(33)34/h12-13,32H,7-11,14-17H2,1-6H3,(H,33,34). The van der Waals surface area contributed by atoms with Crippen molar-refractivity contribution in [1.29, 1.82) is 0 Å². The van der Waals surface area contributed by atoms with Crippen molar-refractivity contribution >= 4 is 11.8 Å². The monoisotopic (exact) mass is 512 g/mol. The zero-order valence-electron chi connectivity index (χ0n) is 23.0. The molecule has 2 aromatic rings. The van der Waals surface area contributed by atoms with Crippen LogP contribution in [0.3, 0.4) is 0 Å². The second-order valence-electron chi connectivity index (χ2n) is 10.2. The molecule has 3 rings (SSSR count). The number of carboxylic acid groups (broad SMARTS) is 1. The van der Waals surface area contributed by atoms with Crippen LogP contribution in [0.15, 0.2) is 12.1 Å². The molecular weight excluding hydrogens is 472 g/mol. The third-order valence-corrected chi connectivity index (χ3v) is 7.35. The molecule has 0 bridgehead atoms. The molecule has 0 aliphatic carbocycles. The van der Waals surface area contributed by atoms with E-state index in [1.807, 2.05) is 27.7 Å². The smallest absolute Gasteiger partial charge is 0.347 e. The molecule has 2 aromatic carbocycles. The number of benzene rings is 2. The summed E-state index contributed by atoms with van der Waals surface area (Å²) in [5.74, 6) is 1.11. The molecule has 1 unspecified atom stereocenters. The highest BCUT2D eigenvalue weighted by atomic mass is 16.5. The summed E-state index contributed by atoms with van der Waals surface area (Å²) in [5, 5.41) is 20.1. The first-order valence-electron chi connectivity index (χ1n) is 13.2. The summed E-state index contributed by atoms with van der Waals surface area (Å²) in [7, 11) is 0. The second-order valence-corrected chi connectivity index (χ2v) is 10.2. The van der Waals surface area contributed by atoms with Crippen LogP contribution in [-0.4, -0.2) is 40.8 Å². The van der Waals surface area contributed by atoms with Crippen molar-refractivity contribution in [3.63, 3.8) is 0 Å². The topological polar surface area (TPSA) is 102 Å². The lowest BCUT2D eigenvalue weighted by atomic mass is 9.87. The number of rotatable bonds is 12. The number of carbonyl (C=O) groups is 2. The van der Waals surface area contributed by atoms with Crippen LogP contribution in [0.4, 0.5) is 0 Å². The van der Waals surface area contributed by atoms with Crippen LogP contribution in [0.2, 0.25) is 0 Å². The number of ketones is 1. The summed E-state index contributed by atoms with van der Waals surface area (Å²) in [6.07, 6.45) is 5.18. The number of Topliss-reactive ketones (excluding diaryl/α,β-unsaturated/α-hetero) is 1. The van der Waals surface area contributed by atoms with Crippen LogP contribution < -0.4 is 14.2 Å². The zero-order valence-corrected chi connectivity index (χ0v) is 23.0. The number of phenolic OH excluding ortho intramolecular Hbond substituents is 1. The van der Waals surface area contributed by atoms with Gasteiger partial charge >= 0.3 is 5.97 Å². The van der Waals surface area contributed by atoms with Gasteiger partial charge in [-0.3, -0.25) is 4.79 Å². The van der Waals surface area contributed by atoms with Crippen LogP contribution in [0.25, 0.3) is 0 Å². The van der Waals surface area contributed by atoms with Crippen LogP contribution in [-0.2, 0) is 17.6 Å². The second kappa shape index (κ2) is 11.9. The lowest BCUT2D eigenvalue weighted by Gasteiger charge is -2.35. The van der Waals surface area contributed by atoms with E-state index in [4.69, 9.17) is 14.2 Å². The van der Waals surface area contributed by atoms with Crippen LogP contribution in [0.5, 0.6) is 23.0 Å². The molecule has 202 valence electrons. The average Bonchev–Trinajstić information content (AvgIpc) is 2.85. The van der Waals surface area contributed by atoms with E-state index in [1.165, 1.54) is 6.92 Å². The molecule has 0 spiro atoms. The molecule has 1 atom stereocenters. The molecule has 1 heterocycles. The molecule has 7 nitrogen and oxygen atoms in total. The fourth-order valence-electron chi connectivity index (χ4n) is 4.87. The Morgan fingerprint density at radius 1 is 1.03 bits per heavy atom. The molecule has 0 saturated heterocycles. The van der Waals surface area contributed by atoms with Gasteiger partial charge in [0.1, 0.15) is 23.0 Å². The lowest BCUT2D eigenvalue weighted by molar-refractivity contribution is -0.155. The fourth-order valence-corrected chi connectivity index (χ4v) is 4.87. The summed E-state index contributed by atoms with van der Waals surface area (Å²) in [5.41, 5.74) is 3.79. The van der Waals surface area contributed by atoms with Gasteiger partial charge in [-0.15, -0.1) is 0 Å². The maximum absolute atomic E-state index is 11.7. The first-order valence-corrected chi connectivity index (χ1v) is 13.2. The average molecular weight is 513 g/mol. The van der Waals surface area contributed by atoms with E-state index in [-0.39, 0.29) is 11.5 Å². The van der Waals surface area contributed by atoms with Crippen LogP contribution in [0.1, 0.15) is 91.1 Å². The SMILES string of the molecule is CCCc1c(OCCCCCOc2c(C)c(C)c3c(c2C)CCC(C)(C(=O)O)O3)ccc(C(C)=O)c1O. The van der Waals surface area contributed by atoms with E-state index < -0.39 is 11.6 Å². The quantitative estimate of drug-likeness (QED) is 0.255. The van der Waals surface area contributed by atoms with Crippen molar-refractivity contribution in [3.8, 4) is 23.0 Å². The van der Waals surface area contributed by atoms with Crippen LogP contribution >= 0.6 is 0 Å². The van der Waals surface area contributed by atoms with E-state index in [1.54, 1.807) is 19.1 Å². The van der Waals surface area contributed by atoms with Gasteiger partial charge in [-0.05, 0) is 95.5 Å². The Kier molecular flexibility index (Phi) is 9.11. The number of unbranched alkanes of at least 4 members (excludes halogenated alkanes) is 2. The van der Waals surface area contributed by atoms with Crippen molar-refractivity contribution in [2.75, 3.05) is 13.2 Å². The first-order chi connectivity index (χ1) is 17.5. The van der Waals surface area contributed by atoms with E-state index in [9.17, 15) is 19.8 Å². The van der Waals surface area contributed by atoms with Gasteiger partial charge in [-0.2, -0.15) is 0 Å². The van der Waals surface area contributed by atoms with E-state index in [0.29, 0.717) is 55.1 Å². The largest absolute Gasteiger partial charge is 0.507 e. The molecule has 0 aromatic heterocycles.